The summed E-state index contributed by atoms with van der Waals surface area (Å²) in [6.45, 7) is 8.19. The Bertz CT molecular complexity index is 1810. The van der Waals surface area contributed by atoms with Crippen LogP contribution < -0.4 is 5.32 Å². The number of anilines is 1. The molecule has 0 aromatic carbocycles. The van der Waals surface area contributed by atoms with Crippen LogP contribution in [0.15, 0.2) is 55.0 Å². The van der Waals surface area contributed by atoms with E-state index in [4.69, 9.17) is 9.97 Å². The van der Waals surface area contributed by atoms with Gasteiger partial charge in [0.05, 0.1) is 28.6 Å². The fourth-order valence-electron chi connectivity index (χ4n) is 4.37. The molecule has 10 heteroatoms. The van der Waals surface area contributed by atoms with Crippen LogP contribution >= 0.6 is 11.3 Å². The molecule has 38 heavy (non-hydrogen) atoms. The Morgan fingerprint density at radius 3 is 2.74 bits per heavy atom. The van der Waals surface area contributed by atoms with E-state index in [1.54, 1.807) is 29.9 Å². The zero-order valence-corrected chi connectivity index (χ0v) is 22.3. The number of carbonyl (C=O) groups excluding carboxylic acids is 1. The van der Waals surface area contributed by atoms with Gasteiger partial charge < -0.3 is 10.3 Å². The van der Waals surface area contributed by atoms with Crippen molar-refractivity contribution in [1.82, 2.24) is 35.1 Å². The first-order valence-corrected chi connectivity index (χ1v) is 13.1. The largest absolute Gasteiger partial charge is 0.335 e. The van der Waals surface area contributed by atoms with Crippen molar-refractivity contribution in [2.45, 2.75) is 34.1 Å². The number of aryl methyl sites for hydroxylation is 1. The van der Waals surface area contributed by atoms with Gasteiger partial charge in [-0.15, -0.1) is 11.3 Å². The fourth-order valence-corrected chi connectivity index (χ4v) is 5.27. The Labute approximate surface area is 222 Å². The summed E-state index contributed by atoms with van der Waals surface area (Å²) in [6.07, 6.45) is 5.56. The van der Waals surface area contributed by atoms with Crippen LogP contribution in [0.1, 0.15) is 32.1 Å². The molecule has 6 aromatic heterocycles. The van der Waals surface area contributed by atoms with Crippen molar-refractivity contribution in [2.75, 3.05) is 5.32 Å². The number of hydrogen-bond acceptors (Lipinski definition) is 7. The minimum absolute atomic E-state index is 0.0486. The summed E-state index contributed by atoms with van der Waals surface area (Å²) in [4.78, 5) is 36.7. The summed E-state index contributed by atoms with van der Waals surface area (Å²) < 4.78 is 0. The van der Waals surface area contributed by atoms with E-state index in [2.05, 4.69) is 49.5 Å². The van der Waals surface area contributed by atoms with Crippen molar-refractivity contribution >= 4 is 45.1 Å². The van der Waals surface area contributed by atoms with Crippen LogP contribution in [-0.4, -0.2) is 41.0 Å². The van der Waals surface area contributed by atoms with Crippen molar-refractivity contribution < 1.29 is 4.79 Å². The summed E-state index contributed by atoms with van der Waals surface area (Å²) in [7, 11) is 0. The second-order valence-corrected chi connectivity index (χ2v) is 11.8. The number of aromatic nitrogens is 7. The smallest absolute Gasteiger partial charge is 0.224 e. The number of amides is 1. The molecule has 0 aliphatic rings. The number of nitrogens with zero attached hydrogens (tertiary/aromatic N) is 5. The Hall–Kier alpha value is -4.44. The van der Waals surface area contributed by atoms with Gasteiger partial charge in [-0.25, -0.2) is 15.0 Å². The molecule has 0 spiro atoms. The molecule has 190 valence electrons. The third kappa shape index (κ3) is 4.66. The molecule has 0 unspecified atom stereocenters. The minimum atomic E-state index is -0.102. The third-order valence-corrected chi connectivity index (χ3v) is 7.07. The number of imidazole rings is 1. The molecule has 0 aliphatic heterocycles. The van der Waals surface area contributed by atoms with Gasteiger partial charge in [0.15, 0.2) is 17.2 Å². The summed E-state index contributed by atoms with van der Waals surface area (Å²) in [5.41, 5.74) is 6.63. The normalized spacial score (nSPS) is 11.9. The molecule has 9 nitrogen and oxygen atoms in total. The molecular weight excluding hydrogens is 496 g/mol. The van der Waals surface area contributed by atoms with Gasteiger partial charge in [-0.1, -0.05) is 20.8 Å². The molecule has 0 saturated carbocycles. The van der Waals surface area contributed by atoms with Gasteiger partial charge in [0.2, 0.25) is 5.91 Å². The molecule has 6 heterocycles. The minimum Gasteiger partial charge on any atom is -0.335 e. The van der Waals surface area contributed by atoms with Gasteiger partial charge in [0.1, 0.15) is 5.52 Å². The van der Waals surface area contributed by atoms with Crippen LogP contribution in [0.4, 0.5) is 5.69 Å². The average molecular weight is 523 g/mol. The molecule has 6 rings (SSSR count). The highest BCUT2D eigenvalue weighted by atomic mass is 32.1. The van der Waals surface area contributed by atoms with Gasteiger partial charge in [-0.05, 0) is 48.7 Å². The van der Waals surface area contributed by atoms with Crippen molar-refractivity contribution in [1.29, 1.82) is 0 Å². The third-order valence-electron chi connectivity index (χ3n) is 6.04. The molecule has 1 amide bonds. The molecule has 3 N–H and O–H groups in total. The van der Waals surface area contributed by atoms with Crippen LogP contribution in [0.2, 0.25) is 0 Å². The predicted molar refractivity (Wildman–Crippen MR) is 151 cm³/mol. The lowest BCUT2D eigenvalue weighted by molar-refractivity contribution is -0.117. The van der Waals surface area contributed by atoms with Crippen molar-refractivity contribution in [2.24, 2.45) is 5.41 Å². The lowest BCUT2D eigenvalue weighted by atomic mass is 9.92. The van der Waals surface area contributed by atoms with E-state index < -0.39 is 0 Å². The molecule has 6 aromatic rings. The highest BCUT2D eigenvalue weighted by molar-refractivity contribution is 7.15. The first-order valence-electron chi connectivity index (χ1n) is 12.3. The Balaban J connectivity index is 1.36. The molecule has 0 aliphatic carbocycles. The van der Waals surface area contributed by atoms with E-state index in [0.29, 0.717) is 40.5 Å². The van der Waals surface area contributed by atoms with E-state index in [9.17, 15) is 4.79 Å². The standard InChI is InChI=1S/C28H26N8OS/c1-15-5-8-21(38-15)18-9-10-30-26-23(18)33-27(34-26)25-24-20(35-36-25)7-6-19(32-24)16-11-17(14-29-13-16)31-22(37)12-28(2,3)4/h5-11,13-14H,12H2,1-4H3,(H,31,37)(H,35,36)(H,30,33,34). The number of aromatic amines is 2. The van der Waals surface area contributed by atoms with Crippen molar-refractivity contribution in [3.63, 3.8) is 0 Å². The van der Waals surface area contributed by atoms with E-state index >= 15 is 0 Å². The number of H-pyrrole nitrogens is 2. The number of hydrogen-bond donors (Lipinski definition) is 3. The maximum absolute atomic E-state index is 12.4. The number of thiophene rings is 1. The number of carbonyl (C=O) groups is 1. The van der Waals surface area contributed by atoms with E-state index in [1.165, 1.54) is 4.88 Å². The lowest BCUT2D eigenvalue weighted by Gasteiger charge is -2.17. The quantitative estimate of drug-likeness (QED) is 0.242. The molecule has 0 bridgehead atoms. The van der Waals surface area contributed by atoms with Crippen molar-refractivity contribution in [3.05, 3.63) is 59.9 Å². The summed E-state index contributed by atoms with van der Waals surface area (Å²) in [5, 5.41) is 10.5. The number of rotatable bonds is 5. The summed E-state index contributed by atoms with van der Waals surface area (Å²) in [6, 6.07) is 11.9. The lowest BCUT2D eigenvalue weighted by Crippen LogP contribution is -2.19. The fraction of sp³-hybridized carbons (Fsp3) is 0.214. The molecule has 0 fully saturated rings. The summed E-state index contributed by atoms with van der Waals surface area (Å²) in [5.74, 6) is 0.540. The highest BCUT2D eigenvalue weighted by Crippen LogP contribution is 2.34. The first kappa shape index (κ1) is 23.9. The van der Waals surface area contributed by atoms with Gasteiger partial charge >= 0.3 is 0 Å². The van der Waals surface area contributed by atoms with Gasteiger partial charge in [-0.2, -0.15) is 5.10 Å². The predicted octanol–water partition coefficient (Wildman–Crippen LogP) is 6.37. The first-order chi connectivity index (χ1) is 18.2. The van der Waals surface area contributed by atoms with Gasteiger partial charge in [0.25, 0.3) is 0 Å². The number of fused-ring (bicyclic) bond motifs is 2. The zero-order valence-electron chi connectivity index (χ0n) is 21.5. The summed E-state index contributed by atoms with van der Waals surface area (Å²) >= 11 is 1.73. The van der Waals surface area contributed by atoms with Crippen LogP contribution in [0.25, 0.3) is 55.4 Å². The second-order valence-electron chi connectivity index (χ2n) is 10.5. The Morgan fingerprint density at radius 1 is 1.08 bits per heavy atom. The second kappa shape index (κ2) is 9.14. The number of nitrogens with one attached hydrogen (secondary N) is 3. The molecule has 0 saturated heterocycles. The van der Waals surface area contributed by atoms with Gasteiger partial charge in [-0.3, -0.25) is 14.9 Å². The monoisotopic (exact) mass is 522 g/mol. The van der Waals surface area contributed by atoms with E-state index in [0.717, 1.165) is 27.0 Å². The van der Waals surface area contributed by atoms with Crippen LogP contribution in [-0.2, 0) is 4.79 Å². The Morgan fingerprint density at radius 2 is 1.95 bits per heavy atom. The SMILES string of the molecule is Cc1ccc(-c2ccnc3nc(-c4n[nH]c5ccc(-c6cncc(NC(=O)CC(C)(C)C)c6)nc45)[nH]c23)s1. The molecular formula is C28H26N8OS. The van der Waals surface area contributed by atoms with Crippen LogP contribution in [0.5, 0.6) is 0 Å². The average Bonchev–Trinajstić information content (AvgIpc) is 3.60. The van der Waals surface area contributed by atoms with E-state index in [1.807, 2.05) is 45.0 Å². The highest BCUT2D eigenvalue weighted by Gasteiger charge is 2.19. The number of pyridine rings is 3. The zero-order chi connectivity index (χ0) is 26.4. The maximum Gasteiger partial charge on any atom is 0.224 e. The maximum atomic E-state index is 12.4. The van der Waals surface area contributed by atoms with Crippen molar-refractivity contribution in [3.8, 4) is 33.2 Å². The Kier molecular flexibility index (Phi) is 5.76. The molecule has 0 radical (unpaired) electrons. The van der Waals surface area contributed by atoms with Gasteiger partial charge in [0, 0.05) is 39.7 Å². The van der Waals surface area contributed by atoms with Crippen LogP contribution in [0, 0.1) is 12.3 Å². The van der Waals surface area contributed by atoms with E-state index in [-0.39, 0.29) is 11.3 Å². The topological polar surface area (TPSA) is 125 Å². The van der Waals surface area contributed by atoms with Crippen LogP contribution in [0.3, 0.4) is 0 Å². The molecule has 0 atom stereocenters.